The highest BCUT2D eigenvalue weighted by molar-refractivity contribution is 5.90. The lowest BCUT2D eigenvalue weighted by Crippen LogP contribution is -2.35. The van der Waals surface area contributed by atoms with Crippen LogP contribution in [0.4, 0.5) is 0 Å². The van der Waals surface area contributed by atoms with Gasteiger partial charge in [0.1, 0.15) is 0 Å². The summed E-state index contributed by atoms with van der Waals surface area (Å²) in [6.07, 6.45) is 2.18. The van der Waals surface area contributed by atoms with Crippen molar-refractivity contribution in [2.75, 3.05) is 0 Å². The lowest BCUT2D eigenvalue weighted by molar-refractivity contribution is -0.150. The monoisotopic (exact) mass is 323 g/mol. The molecule has 2 aromatic rings. The first kappa shape index (κ1) is 17.5. The molecule has 4 nitrogen and oxygen atoms in total. The van der Waals surface area contributed by atoms with Crippen LogP contribution in [-0.2, 0) is 20.9 Å². The molecular weight excluding hydrogens is 302 g/mol. The molecule has 24 heavy (non-hydrogen) atoms. The topological polar surface area (TPSA) is 55.4 Å². The number of hydrogen-bond donors (Lipinski definition) is 1. The van der Waals surface area contributed by atoms with Gasteiger partial charge in [-0.2, -0.15) is 0 Å². The molecule has 4 heteroatoms. The van der Waals surface area contributed by atoms with E-state index in [9.17, 15) is 9.59 Å². The second kappa shape index (κ2) is 8.67. The number of carbonyl (C=O) groups is 2. The van der Waals surface area contributed by atoms with E-state index in [2.05, 4.69) is 5.32 Å². The van der Waals surface area contributed by atoms with Crippen LogP contribution in [0.3, 0.4) is 0 Å². The standard InChI is InChI=1S/C20H21NO3/c1-15-8-6-7-11-18(15)12-13-19(22)24-16(2)20(23)21-14-17-9-4-3-5-10-17/h3-13,16H,14H2,1-2H3,(H,21,23)/b13-12+/t16-/m0/s1. The molecule has 0 aliphatic heterocycles. The highest BCUT2D eigenvalue weighted by Gasteiger charge is 2.15. The van der Waals surface area contributed by atoms with Gasteiger partial charge >= 0.3 is 5.97 Å². The Labute approximate surface area is 142 Å². The summed E-state index contributed by atoms with van der Waals surface area (Å²) in [6, 6.07) is 17.3. The van der Waals surface area contributed by atoms with E-state index in [4.69, 9.17) is 4.74 Å². The van der Waals surface area contributed by atoms with E-state index < -0.39 is 12.1 Å². The van der Waals surface area contributed by atoms with E-state index in [1.807, 2.05) is 61.5 Å². The lowest BCUT2D eigenvalue weighted by atomic mass is 10.1. The number of rotatable bonds is 6. The number of esters is 1. The number of ether oxygens (including phenoxy) is 1. The first-order valence-electron chi connectivity index (χ1n) is 7.82. The molecule has 0 heterocycles. The molecule has 0 saturated carbocycles. The van der Waals surface area contributed by atoms with Crippen molar-refractivity contribution in [1.29, 1.82) is 0 Å². The van der Waals surface area contributed by atoms with Gasteiger partial charge in [-0.3, -0.25) is 4.79 Å². The van der Waals surface area contributed by atoms with E-state index in [1.165, 1.54) is 6.08 Å². The molecule has 2 rings (SSSR count). The summed E-state index contributed by atoms with van der Waals surface area (Å²) >= 11 is 0. The van der Waals surface area contributed by atoms with Crippen molar-refractivity contribution in [2.45, 2.75) is 26.5 Å². The van der Waals surface area contributed by atoms with Crippen molar-refractivity contribution in [3.63, 3.8) is 0 Å². The highest BCUT2D eigenvalue weighted by Crippen LogP contribution is 2.09. The molecule has 0 fully saturated rings. The summed E-state index contributed by atoms with van der Waals surface area (Å²) in [7, 11) is 0. The summed E-state index contributed by atoms with van der Waals surface area (Å²) in [5, 5.41) is 2.75. The van der Waals surface area contributed by atoms with Crippen molar-refractivity contribution < 1.29 is 14.3 Å². The van der Waals surface area contributed by atoms with Crippen molar-refractivity contribution in [1.82, 2.24) is 5.32 Å². The van der Waals surface area contributed by atoms with Gasteiger partial charge in [-0.15, -0.1) is 0 Å². The van der Waals surface area contributed by atoms with Crippen molar-refractivity contribution >= 4 is 18.0 Å². The van der Waals surface area contributed by atoms with Crippen LogP contribution in [0, 0.1) is 6.92 Å². The molecule has 0 unspecified atom stereocenters. The van der Waals surface area contributed by atoms with E-state index >= 15 is 0 Å². The zero-order valence-electron chi connectivity index (χ0n) is 13.9. The summed E-state index contributed by atoms with van der Waals surface area (Å²) in [6.45, 7) is 3.92. The van der Waals surface area contributed by atoms with Crippen molar-refractivity contribution in [2.24, 2.45) is 0 Å². The first-order chi connectivity index (χ1) is 11.6. The van der Waals surface area contributed by atoms with Crippen molar-refractivity contribution in [3.8, 4) is 0 Å². The summed E-state index contributed by atoms with van der Waals surface area (Å²) in [5.41, 5.74) is 3.00. The zero-order valence-corrected chi connectivity index (χ0v) is 13.9. The van der Waals surface area contributed by atoms with Crippen LogP contribution >= 0.6 is 0 Å². The third kappa shape index (κ3) is 5.39. The second-order valence-electron chi connectivity index (χ2n) is 5.47. The molecule has 0 bridgehead atoms. The van der Waals surface area contributed by atoms with E-state index in [1.54, 1.807) is 13.0 Å². The zero-order chi connectivity index (χ0) is 17.4. The molecular formula is C20H21NO3. The fourth-order valence-electron chi connectivity index (χ4n) is 2.13. The Bertz CT molecular complexity index is 723. The maximum Gasteiger partial charge on any atom is 0.331 e. The average Bonchev–Trinajstić information content (AvgIpc) is 2.59. The molecule has 0 aliphatic rings. The Balaban J connectivity index is 1.82. The average molecular weight is 323 g/mol. The minimum absolute atomic E-state index is 0.323. The summed E-state index contributed by atoms with van der Waals surface area (Å²) < 4.78 is 5.12. The van der Waals surface area contributed by atoms with Gasteiger partial charge < -0.3 is 10.1 Å². The number of carbonyl (C=O) groups excluding carboxylic acids is 2. The maximum atomic E-state index is 12.0. The van der Waals surface area contributed by atoms with Crippen LogP contribution in [0.1, 0.15) is 23.6 Å². The summed E-state index contributed by atoms with van der Waals surface area (Å²) in [4.78, 5) is 23.8. The van der Waals surface area contributed by atoms with E-state index in [-0.39, 0.29) is 5.91 Å². The molecule has 0 aliphatic carbocycles. The molecule has 1 atom stereocenters. The highest BCUT2D eigenvalue weighted by atomic mass is 16.5. The molecule has 1 N–H and O–H groups in total. The van der Waals surface area contributed by atoms with Crippen LogP contribution in [0.2, 0.25) is 0 Å². The molecule has 2 aromatic carbocycles. The minimum atomic E-state index is -0.845. The third-order valence-corrected chi connectivity index (χ3v) is 3.56. The van der Waals surface area contributed by atoms with Gasteiger partial charge in [-0.1, -0.05) is 54.6 Å². The van der Waals surface area contributed by atoms with Gasteiger partial charge in [0, 0.05) is 12.6 Å². The predicted molar refractivity (Wildman–Crippen MR) is 94.1 cm³/mol. The Hall–Kier alpha value is -2.88. The van der Waals surface area contributed by atoms with Crippen LogP contribution in [0.5, 0.6) is 0 Å². The number of aryl methyl sites for hydroxylation is 1. The maximum absolute atomic E-state index is 12.0. The second-order valence-corrected chi connectivity index (χ2v) is 5.47. The quantitative estimate of drug-likeness (QED) is 0.656. The lowest BCUT2D eigenvalue weighted by Gasteiger charge is -2.12. The normalized spacial score (nSPS) is 11.9. The van der Waals surface area contributed by atoms with Crippen LogP contribution in [-0.4, -0.2) is 18.0 Å². The van der Waals surface area contributed by atoms with Gasteiger partial charge in [0.25, 0.3) is 5.91 Å². The number of hydrogen-bond acceptors (Lipinski definition) is 3. The minimum Gasteiger partial charge on any atom is -0.449 e. The van der Waals surface area contributed by atoms with Gasteiger partial charge in [-0.05, 0) is 36.6 Å². The van der Waals surface area contributed by atoms with Crippen LogP contribution < -0.4 is 5.32 Å². The SMILES string of the molecule is Cc1ccccc1/C=C/C(=O)O[C@@H](C)C(=O)NCc1ccccc1. The van der Waals surface area contributed by atoms with Crippen LogP contribution in [0.15, 0.2) is 60.7 Å². The van der Waals surface area contributed by atoms with Crippen molar-refractivity contribution in [3.05, 3.63) is 77.4 Å². The van der Waals surface area contributed by atoms with Gasteiger partial charge in [0.15, 0.2) is 6.10 Å². The number of amides is 1. The molecule has 0 spiro atoms. The third-order valence-electron chi connectivity index (χ3n) is 3.56. The summed E-state index contributed by atoms with van der Waals surface area (Å²) in [5.74, 6) is -0.864. The molecule has 124 valence electrons. The molecule has 0 saturated heterocycles. The van der Waals surface area contributed by atoms with Gasteiger partial charge in [0.05, 0.1) is 0 Å². The fourth-order valence-corrected chi connectivity index (χ4v) is 2.13. The smallest absolute Gasteiger partial charge is 0.331 e. The molecule has 0 aromatic heterocycles. The number of benzene rings is 2. The molecule has 1 amide bonds. The Kier molecular flexibility index (Phi) is 6.32. The van der Waals surface area contributed by atoms with E-state index in [0.29, 0.717) is 6.54 Å². The Morgan fingerprint density at radius 1 is 1.08 bits per heavy atom. The predicted octanol–water partition coefficient (Wildman–Crippen LogP) is 3.26. The Morgan fingerprint density at radius 3 is 2.46 bits per heavy atom. The van der Waals surface area contributed by atoms with Gasteiger partial charge in [0.2, 0.25) is 0 Å². The first-order valence-corrected chi connectivity index (χ1v) is 7.82. The molecule has 0 radical (unpaired) electrons. The Morgan fingerprint density at radius 2 is 1.75 bits per heavy atom. The van der Waals surface area contributed by atoms with E-state index in [0.717, 1.165) is 16.7 Å². The fraction of sp³-hybridized carbons (Fsp3) is 0.200. The number of nitrogens with one attached hydrogen (secondary N) is 1. The van der Waals surface area contributed by atoms with Crippen LogP contribution in [0.25, 0.3) is 6.08 Å². The largest absolute Gasteiger partial charge is 0.449 e. The van der Waals surface area contributed by atoms with Gasteiger partial charge in [-0.25, -0.2) is 4.79 Å².